The summed E-state index contributed by atoms with van der Waals surface area (Å²) in [6, 6.07) is 5.70. The molecule has 2 N–H and O–H groups in total. The fourth-order valence-electron chi connectivity index (χ4n) is 1.31. The average Bonchev–Trinajstić information content (AvgIpc) is 2.45. The number of benzene rings is 1. The van der Waals surface area contributed by atoms with Crippen LogP contribution in [0.15, 0.2) is 47.9 Å². The molecule has 0 fully saturated rings. The van der Waals surface area contributed by atoms with Gasteiger partial charge in [0.05, 0.1) is 14.2 Å². The van der Waals surface area contributed by atoms with E-state index in [4.69, 9.17) is 10.2 Å². The number of carbonyl (C=O) groups excluding carboxylic acids is 2. The van der Waals surface area contributed by atoms with E-state index in [0.717, 1.165) is 12.2 Å². The summed E-state index contributed by atoms with van der Waals surface area (Å²) < 4.78 is 9.35. The maximum atomic E-state index is 11.2. The van der Waals surface area contributed by atoms with Crippen molar-refractivity contribution < 1.29 is 29.3 Å². The number of phenolic OH excluding ortho intramolecular Hbond substituents is 2. The normalized spacial score (nSPS) is 13.7. The highest BCUT2D eigenvalue weighted by Gasteiger charge is 2.22. The molecule has 0 saturated carbocycles. The molecule has 0 bridgehead atoms. The van der Waals surface area contributed by atoms with E-state index in [9.17, 15) is 9.59 Å². The second-order valence-electron chi connectivity index (χ2n) is 3.67. The minimum atomic E-state index is -0.403. The topological polar surface area (TPSA) is 93.1 Å². The lowest BCUT2D eigenvalue weighted by Crippen LogP contribution is -2.16. The van der Waals surface area contributed by atoms with E-state index in [1.165, 1.54) is 38.5 Å². The van der Waals surface area contributed by atoms with Crippen LogP contribution in [0.1, 0.15) is 0 Å². The van der Waals surface area contributed by atoms with E-state index in [2.05, 4.69) is 9.47 Å². The Balaban J connectivity index is 0.000000217. The average molecular weight is 278 g/mol. The van der Waals surface area contributed by atoms with Crippen molar-refractivity contribution in [1.29, 1.82) is 0 Å². The highest BCUT2D eigenvalue weighted by molar-refractivity contribution is 6.18. The molecule has 0 radical (unpaired) electrons. The highest BCUT2D eigenvalue weighted by atomic mass is 16.5. The largest absolute Gasteiger partial charge is 0.508 e. The predicted octanol–water partition coefficient (Wildman–Crippen LogP) is 1.30. The summed E-state index contributed by atoms with van der Waals surface area (Å²) in [5.74, 6) is -0.341. The van der Waals surface area contributed by atoms with Gasteiger partial charge in [0.25, 0.3) is 5.78 Å². The fraction of sp³-hybridized carbons (Fsp3) is 0.143. The lowest BCUT2D eigenvalue weighted by Gasteiger charge is -2.10. The highest BCUT2D eigenvalue weighted by Crippen LogP contribution is 2.13. The van der Waals surface area contributed by atoms with Crippen molar-refractivity contribution in [3.8, 4) is 11.5 Å². The molecule has 6 nitrogen and oxygen atoms in total. The minimum absolute atomic E-state index is 0.0133. The molecule has 0 aliphatic heterocycles. The summed E-state index contributed by atoms with van der Waals surface area (Å²) in [5, 5.41) is 17.3. The fourth-order valence-corrected chi connectivity index (χ4v) is 1.31. The molecule has 1 aromatic carbocycles. The molecule has 0 saturated heterocycles. The SMILES string of the molecule is COC1=CC(=O)C=C(OC)C1=O.Oc1ccc(O)cc1. The van der Waals surface area contributed by atoms with Gasteiger partial charge in [0.1, 0.15) is 11.5 Å². The van der Waals surface area contributed by atoms with Crippen LogP contribution in [0.2, 0.25) is 0 Å². The standard InChI is InChI=1S/C8H8O4.C6H6O2/c1-11-6-3-5(9)4-7(12-2)8(6)10;7-5-1-2-6(8)4-3-5/h3-4H,1-2H3;1-4,7-8H. The van der Waals surface area contributed by atoms with Gasteiger partial charge in [-0.3, -0.25) is 9.59 Å². The van der Waals surface area contributed by atoms with Gasteiger partial charge in [-0.2, -0.15) is 0 Å². The number of allylic oxidation sites excluding steroid dienone is 2. The van der Waals surface area contributed by atoms with Crippen LogP contribution < -0.4 is 0 Å². The van der Waals surface area contributed by atoms with Gasteiger partial charge in [0.15, 0.2) is 17.3 Å². The summed E-state index contributed by atoms with van der Waals surface area (Å²) in [6.07, 6.45) is 2.26. The predicted molar refractivity (Wildman–Crippen MR) is 70.0 cm³/mol. The molecule has 1 aromatic rings. The number of methoxy groups -OCH3 is 2. The smallest absolute Gasteiger partial charge is 0.262 e. The summed E-state index contributed by atoms with van der Waals surface area (Å²) >= 11 is 0. The molecule has 0 heterocycles. The third-order valence-electron chi connectivity index (χ3n) is 2.28. The quantitative estimate of drug-likeness (QED) is 0.625. The zero-order valence-corrected chi connectivity index (χ0v) is 11.0. The first-order chi connectivity index (χ1) is 9.47. The lowest BCUT2D eigenvalue weighted by molar-refractivity contribution is -0.120. The van der Waals surface area contributed by atoms with Gasteiger partial charge in [-0.1, -0.05) is 0 Å². The summed E-state index contributed by atoms with van der Waals surface area (Å²) in [6.45, 7) is 0. The van der Waals surface area contributed by atoms with Crippen molar-refractivity contribution in [2.75, 3.05) is 14.2 Å². The number of aromatic hydroxyl groups is 2. The number of ketones is 2. The van der Waals surface area contributed by atoms with E-state index in [1.807, 2.05) is 0 Å². The van der Waals surface area contributed by atoms with Crippen LogP contribution in [0.4, 0.5) is 0 Å². The Morgan fingerprint density at radius 2 is 1.15 bits per heavy atom. The number of carbonyl (C=O) groups is 2. The van der Waals surface area contributed by atoms with Gasteiger partial charge in [0, 0.05) is 12.2 Å². The van der Waals surface area contributed by atoms with Gasteiger partial charge in [-0.25, -0.2) is 0 Å². The van der Waals surface area contributed by atoms with Crippen LogP contribution in [-0.2, 0) is 19.1 Å². The molecule has 106 valence electrons. The Hall–Kier alpha value is -2.76. The lowest BCUT2D eigenvalue weighted by atomic mass is 10.1. The molecular formula is C14H14O6. The Kier molecular flexibility index (Phi) is 5.34. The summed E-state index contributed by atoms with van der Waals surface area (Å²) in [7, 11) is 2.66. The number of hydrogen-bond acceptors (Lipinski definition) is 6. The zero-order valence-electron chi connectivity index (χ0n) is 11.0. The number of ether oxygens (including phenoxy) is 2. The molecule has 0 aromatic heterocycles. The van der Waals surface area contributed by atoms with Crippen LogP contribution in [0.3, 0.4) is 0 Å². The van der Waals surface area contributed by atoms with Gasteiger partial charge in [0.2, 0.25) is 0 Å². The molecule has 0 atom stereocenters. The van der Waals surface area contributed by atoms with Crippen molar-refractivity contribution >= 4 is 11.6 Å². The molecule has 0 spiro atoms. The van der Waals surface area contributed by atoms with Crippen molar-refractivity contribution in [2.45, 2.75) is 0 Å². The first-order valence-corrected chi connectivity index (χ1v) is 5.56. The maximum Gasteiger partial charge on any atom is 0.262 e. The molecule has 6 heteroatoms. The third-order valence-corrected chi connectivity index (χ3v) is 2.28. The van der Waals surface area contributed by atoms with E-state index in [0.29, 0.717) is 0 Å². The molecule has 0 amide bonds. The van der Waals surface area contributed by atoms with Gasteiger partial charge in [-0.05, 0) is 24.3 Å². The van der Waals surface area contributed by atoms with E-state index >= 15 is 0 Å². The van der Waals surface area contributed by atoms with Crippen LogP contribution in [0.25, 0.3) is 0 Å². The van der Waals surface area contributed by atoms with Crippen LogP contribution in [0, 0.1) is 0 Å². The number of phenols is 2. The van der Waals surface area contributed by atoms with E-state index in [-0.39, 0.29) is 28.8 Å². The van der Waals surface area contributed by atoms with Gasteiger partial charge < -0.3 is 19.7 Å². The molecular weight excluding hydrogens is 264 g/mol. The van der Waals surface area contributed by atoms with Crippen LogP contribution in [0.5, 0.6) is 11.5 Å². The van der Waals surface area contributed by atoms with E-state index < -0.39 is 5.78 Å². The second kappa shape index (κ2) is 6.98. The molecule has 1 aliphatic rings. The maximum absolute atomic E-state index is 11.2. The Morgan fingerprint density at radius 3 is 1.45 bits per heavy atom. The Labute approximate surface area is 115 Å². The van der Waals surface area contributed by atoms with Gasteiger partial charge >= 0.3 is 0 Å². The Morgan fingerprint density at radius 1 is 0.800 bits per heavy atom. The molecule has 20 heavy (non-hydrogen) atoms. The summed E-state index contributed by atoms with van der Waals surface area (Å²) in [4.78, 5) is 22.1. The molecule has 1 aliphatic carbocycles. The summed E-state index contributed by atoms with van der Waals surface area (Å²) in [5.41, 5.74) is 0. The molecule has 2 rings (SSSR count). The van der Waals surface area contributed by atoms with Gasteiger partial charge in [-0.15, -0.1) is 0 Å². The third kappa shape index (κ3) is 4.16. The van der Waals surface area contributed by atoms with Crippen molar-refractivity contribution in [3.63, 3.8) is 0 Å². The molecule has 0 unspecified atom stereocenters. The minimum Gasteiger partial charge on any atom is -0.508 e. The van der Waals surface area contributed by atoms with Crippen LogP contribution >= 0.6 is 0 Å². The number of hydrogen-bond donors (Lipinski definition) is 2. The second-order valence-corrected chi connectivity index (χ2v) is 3.67. The number of rotatable bonds is 2. The first-order valence-electron chi connectivity index (χ1n) is 5.56. The van der Waals surface area contributed by atoms with Crippen molar-refractivity contribution in [2.24, 2.45) is 0 Å². The monoisotopic (exact) mass is 278 g/mol. The zero-order chi connectivity index (χ0) is 15.1. The van der Waals surface area contributed by atoms with Crippen LogP contribution in [-0.4, -0.2) is 36.0 Å². The van der Waals surface area contributed by atoms with Crippen molar-refractivity contribution in [1.82, 2.24) is 0 Å². The van der Waals surface area contributed by atoms with E-state index in [1.54, 1.807) is 0 Å². The number of Topliss-reactive ketones (excluding diaryl/α,β-unsaturated/α-hetero) is 1. The first kappa shape index (κ1) is 15.3. The van der Waals surface area contributed by atoms with Crippen molar-refractivity contribution in [3.05, 3.63) is 47.9 Å². The Bertz CT molecular complexity index is 507.